The fourth-order valence-electron chi connectivity index (χ4n) is 2.84. The van der Waals surface area contributed by atoms with Crippen molar-refractivity contribution < 1.29 is 14.3 Å². The third-order valence-corrected chi connectivity index (χ3v) is 5.05. The van der Waals surface area contributed by atoms with E-state index in [2.05, 4.69) is 10.6 Å². The monoisotopic (exact) mass is 340 g/mol. The van der Waals surface area contributed by atoms with Gasteiger partial charge in [0.05, 0.1) is 6.04 Å². The molecule has 128 valence electrons. The van der Waals surface area contributed by atoms with Gasteiger partial charge in [-0.3, -0.25) is 0 Å². The Balaban J connectivity index is 1.99. The number of urea groups is 1. The van der Waals surface area contributed by atoms with Gasteiger partial charge in [0.25, 0.3) is 0 Å². The van der Waals surface area contributed by atoms with E-state index in [9.17, 15) is 9.18 Å². The smallest absolute Gasteiger partial charge is 0.315 e. The van der Waals surface area contributed by atoms with Crippen molar-refractivity contribution in [2.45, 2.75) is 37.8 Å². The van der Waals surface area contributed by atoms with Crippen molar-refractivity contribution in [2.75, 3.05) is 18.6 Å². The molecule has 0 spiro atoms. The van der Waals surface area contributed by atoms with Crippen LogP contribution in [0.25, 0.3) is 0 Å². The van der Waals surface area contributed by atoms with Crippen molar-refractivity contribution in [1.29, 1.82) is 0 Å². The highest BCUT2D eigenvalue weighted by Crippen LogP contribution is 2.37. The Morgan fingerprint density at radius 1 is 1.35 bits per heavy atom. The number of rotatable bonds is 8. The van der Waals surface area contributed by atoms with E-state index < -0.39 is 0 Å². The number of thioether (sulfide) groups is 1. The Labute approximate surface area is 141 Å². The molecule has 0 aliphatic heterocycles. The van der Waals surface area contributed by atoms with Gasteiger partial charge in [0, 0.05) is 18.4 Å². The molecule has 0 heterocycles. The summed E-state index contributed by atoms with van der Waals surface area (Å²) in [5.74, 6) is 0.898. The molecule has 2 amide bonds. The number of benzene rings is 1. The second-order valence-corrected chi connectivity index (χ2v) is 6.91. The lowest BCUT2D eigenvalue weighted by Crippen LogP contribution is -2.47. The van der Waals surface area contributed by atoms with Gasteiger partial charge in [-0.05, 0) is 49.1 Å². The van der Waals surface area contributed by atoms with Crippen molar-refractivity contribution >= 4 is 17.8 Å². The van der Waals surface area contributed by atoms with Crippen LogP contribution in [0, 0.1) is 11.7 Å². The van der Waals surface area contributed by atoms with E-state index in [1.807, 2.05) is 6.26 Å². The SMILES string of the molecule is CSCC(CCO)NC(=O)NC(c1ccc(F)cc1)C1CCC1. The minimum Gasteiger partial charge on any atom is -0.396 e. The Morgan fingerprint density at radius 3 is 2.57 bits per heavy atom. The quantitative estimate of drug-likeness (QED) is 0.681. The van der Waals surface area contributed by atoms with Crippen LogP contribution in [-0.4, -0.2) is 35.8 Å². The maximum atomic E-state index is 13.1. The van der Waals surface area contributed by atoms with Gasteiger partial charge in [-0.15, -0.1) is 0 Å². The zero-order chi connectivity index (χ0) is 16.7. The molecule has 0 radical (unpaired) electrons. The maximum Gasteiger partial charge on any atom is 0.315 e. The van der Waals surface area contributed by atoms with E-state index in [1.54, 1.807) is 23.9 Å². The van der Waals surface area contributed by atoms with Crippen molar-refractivity contribution in [3.63, 3.8) is 0 Å². The Hall–Kier alpha value is -1.27. The van der Waals surface area contributed by atoms with Gasteiger partial charge >= 0.3 is 6.03 Å². The number of carbonyl (C=O) groups is 1. The first-order chi connectivity index (χ1) is 11.1. The molecule has 0 saturated heterocycles. The number of aliphatic hydroxyl groups excluding tert-OH is 1. The molecule has 1 saturated carbocycles. The number of aliphatic hydroxyl groups is 1. The number of hydrogen-bond acceptors (Lipinski definition) is 3. The van der Waals surface area contributed by atoms with Crippen LogP contribution in [-0.2, 0) is 0 Å². The number of carbonyl (C=O) groups excluding carboxylic acids is 1. The van der Waals surface area contributed by atoms with Crippen molar-refractivity contribution in [2.24, 2.45) is 5.92 Å². The summed E-state index contributed by atoms with van der Waals surface area (Å²) in [6, 6.07) is 5.99. The van der Waals surface area contributed by atoms with Crippen LogP contribution in [0.15, 0.2) is 24.3 Å². The number of nitrogens with one attached hydrogen (secondary N) is 2. The van der Waals surface area contributed by atoms with Crippen LogP contribution >= 0.6 is 11.8 Å². The molecule has 23 heavy (non-hydrogen) atoms. The number of amides is 2. The van der Waals surface area contributed by atoms with Gasteiger partial charge < -0.3 is 15.7 Å². The van der Waals surface area contributed by atoms with Gasteiger partial charge in [-0.25, -0.2) is 9.18 Å². The maximum absolute atomic E-state index is 13.1. The van der Waals surface area contributed by atoms with Crippen LogP contribution in [0.3, 0.4) is 0 Å². The molecule has 1 fully saturated rings. The molecule has 6 heteroatoms. The molecule has 2 unspecified atom stereocenters. The second kappa shape index (κ2) is 9.13. The van der Waals surface area contributed by atoms with E-state index in [0.717, 1.165) is 24.2 Å². The summed E-state index contributed by atoms with van der Waals surface area (Å²) in [6.07, 6.45) is 5.84. The lowest BCUT2D eigenvalue weighted by atomic mass is 9.77. The molecular formula is C17H25FN2O2S. The first kappa shape index (κ1) is 18.1. The van der Waals surface area contributed by atoms with Crippen LogP contribution in [0.2, 0.25) is 0 Å². The number of halogens is 1. The predicted octanol–water partition coefficient (Wildman–Crippen LogP) is 3.08. The van der Waals surface area contributed by atoms with Gasteiger partial charge in [0.1, 0.15) is 5.82 Å². The van der Waals surface area contributed by atoms with Gasteiger partial charge in [-0.1, -0.05) is 18.6 Å². The van der Waals surface area contributed by atoms with Gasteiger partial charge in [0.15, 0.2) is 0 Å². The van der Waals surface area contributed by atoms with Gasteiger partial charge in [0.2, 0.25) is 0 Å². The van der Waals surface area contributed by atoms with Crippen molar-refractivity contribution in [1.82, 2.24) is 10.6 Å². The minimum absolute atomic E-state index is 0.0507. The fourth-order valence-corrected chi connectivity index (χ4v) is 3.49. The Kier molecular flexibility index (Phi) is 7.17. The standard InChI is InChI=1S/C17H25FN2O2S/c1-23-11-15(9-10-21)19-17(22)20-16(12-3-2-4-12)13-5-7-14(18)8-6-13/h5-8,12,15-16,21H,2-4,9-11H2,1H3,(H2,19,20,22). The molecule has 2 rings (SSSR count). The molecule has 3 N–H and O–H groups in total. The van der Waals surface area contributed by atoms with Crippen LogP contribution in [0.4, 0.5) is 9.18 Å². The highest BCUT2D eigenvalue weighted by atomic mass is 32.2. The molecule has 0 aromatic heterocycles. The third-order valence-electron chi connectivity index (χ3n) is 4.32. The predicted molar refractivity (Wildman–Crippen MR) is 92.0 cm³/mol. The largest absolute Gasteiger partial charge is 0.396 e. The molecule has 0 bridgehead atoms. The van der Waals surface area contributed by atoms with Crippen LogP contribution in [0.5, 0.6) is 0 Å². The summed E-state index contributed by atoms with van der Waals surface area (Å²) < 4.78 is 13.1. The first-order valence-electron chi connectivity index (χ1n) is 8.06. The summed E-state index contributed by atoms with van der Waals surface area (Å²) in [5.41, 5.74) is 0.940. The van der Waals surface area contributed by atoms with Crippen molar-refractivity contribution in [3.05, 3.63) is 35.6 Å². The Morgan fingerprint density at radius 2 is 2.04 bits per heavy atom. The zero-order valence-electron chi connectivity index (χ0n) is 13.4. The highest BCUT2D eigenvalue weighted by Gasteiger charge is 2.30. The fraction of sp³-hybridized carbons (Fsp3) is 0.588. The van der Waals surface area contributed by atoms with Crippen LogP contribution in [0.1, 0.15) is 37.3 Å². The average Bonchev–Trinajstić information content (AvgIpc) is 2.46. The average molecular weight is 340 g/mol. The molecule has 1 aromatic carbocycles. The molecule has 1 aliphatic rings. The second-order valence-electron chi connectivity index (χ2n) is 6.00. The summed E-state index contributed by atoms with van der Waals surface area (Å²) in [6.45, 7) is 0.0511. The first-order valence-corrected chi connectivity index (χ1v) is 9.45. The Bertz CT molecular complexity index is 488. The van der Waals surface area contributed by atoms with Crippen LogP contribution < -0.4 is 10.6 Å². The third kappa shape index (κ3) is 5.39. The lowest BCUT2D eigenvalue weighted by Gasteiger charge is -2.35. The molecule has 2 atom stereocenters. The topological polar surface area (TPSA) is 61.4 Å². The van der Waals surface area contributed by atoms with E-state index in [4.69, 9.17) is 5.11 Å². The summed E-state index contributed by atoms with van der Waals surface area (Å²) in [4.78, 5) is 12.3. The lowest BCUT2D eigenvalue weighted by molar-refractivity contribution is 0.203. The molecule has 1 aromatic rings. The zero-order valence-corrected chi connectivity index (χ0v) is 14.2. The molecule has 1 aliphatic carbocycles. The minimum atomic E-state index is -0.270. The molecular weight excluding hydrogens is 315 g/mol. The van der Waals surface area contributed by atoms with E-state index in [-0.39, 0.29) is 30.5 Å². The normalized spacial score (nSPS) is 17.2. The van der Waals surface area contributed by atoms with Gasteiger partial charge in [-0.2, -0.15) is 11.8 Å². The van der Waals surface area contributed by atoms with E-state index >= 15 is 0 Å². The number of hydrogen-bond donors (Lipinski definition) is 3. The van der Waals surface area contributed by atoms with E-state index in [0.29, 0.717) is 12.3 Å². The summed E-state index contributed by atoms with van der Waals surface area (Å²) in [5, 5.41) is 15.0. The van der Waals surface area contributed by atoms with E-state index in [1.165, 1.54) is 18.6 Å². The molecule has 4 nitrogen and oxygen atoms in total. The summed E-state index contributed by atoms with van der Waals surface area (Å²) >= 11 is 1.64. The van der Waals surface area contributed by atoms with Crippen molar-refractivity contribution in [3.8, 4) is 0 Å². The highest BCUT2D eigenvalue weighted by molar-refractivity contribution is 7.98. The summed E-state index contributed by atoms with van der Waals surface area (Å²) in [7, 11) is 0.